The molecule has 30 heavy (non-hydrogen) atoms. The summed E-state index contributed by atoms with van der Waals surface area (Å²) in [7, 11) is -3.83. The molecule has 0 radical (unpaired) electrons. The molecular formula is C23H42ClNO3Si2. The molecule has 4 nitrogen and oxygen atoms in total. The summed E-state index contributed by atoms with van der Waals surface area (Å²) in [5.41, 5.74) is 1.86. The number of aromatic nitrogens is 1. The third-order valence-electron chi connectivity index (χ3n) is 7.23. The third-order valence-corrected chi connectivity index (χ3v) is 16.5. The van der Waals surface area contributed by atoms with Crippen molar-refractivity contribution in [1.82, 2.24) is 4.98 Å². The van der Waals surface area contributed by atoms with Crippen LogP contribution in [-0.2, 0) is 13.6 Å². The van der Waals surface area contributed by atoms with Gasteiger partial charge in [-0.25, -0.2) is 4.98 Å². The lowest BCUT2D eigenvalue weighted by atomic mass is 10.1. The first-order valence-corrected chi connectivity index (χ1v) is 17.2. The first-order valence-electron chi connectivity index (χ1n) is 11.0. The summed E-state index contributed by atoms with van der Waals surface area (Å²) in [5.74, 6) is 0. The molecule has 172 valence electrons. The number of aryl methyl sites for hydroxylation is 1. The van der Waals surface area contributed by atoms with Crippen molar-refractivity contribution in [1.29, 1.82) is 0 Å². The van der Waals surface area contributed by atoms with Crippen molar-refractivity contribution < 1.29 is 13.6 Å². The van der Waals surface area contributed by atoms with E-state index in [4.69, 9.17) is 25.2 Å². The molecule has 0 aromatic carbocycles. The topological polar surface area (TPSA) is 40.6 Å². The predicted molar refractivity (Wildman–Crippen MR) is 131 cm³/mol. The number of nitrogens with zero attached hydrogens (tertiary/aromatic N) is 1. The van der Waals surface area contributed by atoms with Crippen molar-refractivity contribution in [2.75, 3.05) is 6.61 Å². The zero-order valence-electron chi connectivity index (χ0n) is 20.9. The second kappa shape index (κ2) is 8.95. The van der Waals surface area contributed by atoms with E-state index in [9.17, 15) is 0 Å². The lowest BCUT2D eigenvalue weighted by Gasteiger charge is -2.40. The summed E-state index contributed by atoms with van der Waals surface area (Å²) < 4.78 is 19.9. The molecule has 2 rings (SSSR count). The summed E-state index contributed by atoms with van der Waals surface area (Å²) >= 11 is 6.47. The summed E-state index contributed by atoms with van der Waals surface area (Å²) in [6.07, 6.45) is 0.560. The van der Waals surface area contributed by atoms with Gasteiger partial charge in [-0.3, -0.25) is 0 Å². The lowest BCUT2D eigenvalue weighted by Crippen LogP contribution is -2.48. The van der Waals surface area contributed by atoms with Crippen molar-refractivity contribution in [2.45, 2.75) is 109 Å². The van der Waals surface area contributed by atoms with Gasteiger partial charge in [-0.05, 0) is 49.3 Å². The Morgan fingerprint density at radius 3 is 2.10 bits per heavy atom. The predicted octanol–water partition coefficient (Wildman–Crippen LogP) is 7.29. The number of rotatable bonds is 6. The molecule has 2 heterocycles. The lowest BCUT2D eigenvalue weighted by molar-refractivity contribution is -0.0165. The van der Waals surface area contributed by atoms with Gasteiger partial charge < -0.3 is 13.6 Å². The zero-order chi connectivity index (χ0) is 23.1. The molecule has 7 heteroatoms. The van der Waals surface area contributed by atoms with E-state index in [0.717, 1.165) is 17.7 Å². The highest BCUT2D eigenvalue weighted by Crippen LogP contribution is 2.44. The van der Waals surface area contributed by atoms with Crippen LogP contribution in [0.3, 0.4) is 0 Å². The zero-order valence-corrected chi connectivity index (χ0v) is 23.6. The van der Waals surface area contributed by atoms with Gasteiger partial charge in [-0.2, -0.15) is 0 Å². The molecule has 1 aliphatic heterocycles. The van der Waals surface area contributed by atoms with Crippen LogP contribution in [0.15, 0.2) is 12.1 Å². The van der Waals surface area contributed by atoms with Crippen LogP contribution in [0.25, 0.3) is 0 Å². The van der Waals surface area contributed by atoms with E-state index in [-0.39, 0.29) is 28.4 Å². The molecule has 1 aliphatic rings. The Labute approximate surface area is 191 Å². The highest BCUT2D eigenvalue weighted by molar-refractivity contribution is 6.74. The highest BCUT2D eigenvalue weighted by Gasteiger charge is 2.46. The van der Waals surface area contributed by atoms with Gasteiger partial charge in [0.05, 0.1) is 18.8 Å². The van der Waals surface area contributed by atoms with E-state index >= 15 is 0 Å². The van der Waals surface area contributed by atoms with E-state index in [2.05, 4.69) is 72.7 Å². The quantitative estimate of drug-likeness (QED) is 0.322. The van der Waals surface area contributed by atoms with Crippen molar-refractivity contribution in [2.24, 2.45) is 0 Å². The molecule has 1 aromatic rings. The Kier molecular flexibility index (Phi) is 7.76. The summed E-state index contributed by atoms with van der Waals surface area (Å²) in [4.78, 5) is 4.43. The summed E-state index contributed by atoms with van der Waals surface area (Å²) in [6.45, 7) is 25.3. The van der Waals surface area contributed by atoms with Gasteiger partial charge in [0.2, 0.25) is 0 Å². The Morgan fingerprint density at radius 1 is 1.03 bits per heavy atom. The van der Waals surface area contributed by atoms with Crippen LogP contribution >= 0.6 is 11.6 Å². The Balaban J connectivity index is 2.26. The smallest absolute Gasteiger partial charge is 0.192 e. The summed E-state index contributed by atoms with van der Waals surface area (Å²) in [6, 6.07) is 4.03. The molecule has 0 amide bonds. The molecular weight excluding hydrogens is 430 g/mol. The maximum atomic E-state index is 6.83. The molecule has 0 spiro atoms. The molecule has 1 aromatic heterocycles. The molecule has 0 unspecified atom stereocenters. The molecule has 3 atom stereocenters. The fraction of sp³-hybridized carbons (Fsp3) is 0.783. The van der Waals surface area contributed by atoms with E-state index in [0.29, 0.717) is 11.8 Å². The number of hydrogen-bond donors (Lipinski definition) is 0. The van der Waals surface area contributed by atoms with Crippen LogP contribution in [0.5, 0.6) is 0 Å². The minimum Gasteiger partial charge on any atom is -0.414 e. The van der Waals surface area contributed by atoms with Crippen LogP contribution in [0.1, 0.15) is 65.3 Å². The van der Waals surface area contributed by atoms with Gasteiger partial charge in [-0.1, -0.05) is 59.2 Å². The van der Waals surface area contributed by atoms with Crippen LogP contribution in [0.2, 0.25) is 41.4 Å². The van der Waals surface area contributed by atoms with Crippen LogP contribution in [0.4, 0.5) is 0 Å². The van der Waals surface area contributed by atoms with E-state index in [1.54, 1.807) is 0 Å². The van der Waals surface area contributed by atoms with Gasteiger partial charge in [0.1, 0.15) is 11.3 Å². The fourth-order valence-corrected chi connectivity index (χ4v) is 5.72. The Bertz CT molecular complexity index is 741. The second-order valence-corrected chi connectivity index (χ2v) is 21.6. The maximum Gasteiger partial charge on any atom is 0.192 e. The Hall–Kier alpha value is -0.246. The molecule has 1 saturated heterocycles. The minimum absolute atomic E-state index is 0.00182. The first-order chi connectivity index (χ1) is 13.4. The first kappa shape index (κ1) is 26.0. The normalized spacial score (nSPS) is 23.8. The standard InChI is InChI=1S/C23H42ClNO3Si2/c1-16-12-13-17(21(24)25-16)18-14-19(28-30(10,11)23(5,6)7)20(27-18)15-26-29(8,9)22(2,3)4/h12-13,18-20H,14-15H2,1-11H3/t18-,19+,20-/m1/s1. The summed E-state index contributed by atoms with van der Waals surface area (Å²) in [5, 5.41) is 0.821. The van der Waals surface area contributed by atoms with Crippen molar-refractivity contribution >= 4 is 28.2 Å². The maximum absolute atomic E-state index is 6.83. The third kappa shape index (κ3) is 5.96. The van der Waals surface area contributed by atoms with Crippen molar-refractivity contribution in [3.63, 3.8) is 0 Å². The van der Waals surface area contributed by atoms with Crippen molar-refractivity contribution in [3.8, 4) is 0 Å². The van der Waals surface area contributed by atoms with Crippen LogP contribution < -0.4 is 0 Å². The SMILES string of the molecule is Cc1ccc([C@H]2C[C@H](O[Si](C)(C)C(C)(C)C)[C@@H](CO[Si](C)(C)C(C)(C)C)O2)c(Cl)n1. The second-order valence-electron chi connectivity index (χ2n) is 11.7. The van der Waals surface area contributed by atoms with E-state index < -0.39 is 16.6 Å². The number of halogens is 1. The fourth-order valence-electron chi connectivity index (χ4n) is 3.03. The van der Waals surface area contributed by atoms with Crippen LogP contribution in [0, 0.1) is 6.92 Å². The average Bonchev–Trinajstić information content (AvgIpc) is 2.92. The number of ether oxygens (including phenoxy) is 1. The number of pyridine rings is 1. The van der Waals surface area contributed by atoms with Gasteiger partial charge in [0, 0.05) is 17.7 Å². The minimum atomic E-state index is -1.95. The molecule has 0 saturated carbocycles. The number of hydrogen-bond acceptors (Lipinski definition) is 4. The van der Waals surface area contributed by atoms with Gasteiger partial charge >= 0.3 is 0 Å². The van der Waals surface area contributed by atoms with Gasteiger partial charge in [0.15, 0.2) is 16.6 Å². The van der Waals surface area contributed by atoms with E-state index in [1.807, 2.05) is 19.1 Å². The van der Waals surface area contributed by atoms with Crippen LogP contribution in [-0.4, -0.2) is 40.4 Å². The van der Waals surface area contributed by atoms with Gasteiger partial charge in [-0.15, -0.1) is 0 Å². The molecule has 1 fully saturated rings. The largest absolute Gasteiger partial charge is 0.414 e. The average molecular weight is 472 g/mol. The monoisotopic (exact) mass is 471 g/mol. The highest BCUT2D eigenvalue weighted by atomic mass is 35.5. The molecule has 0 N–H and O–H groups in total. The molecule has 0 aliphatic carbocycles. The molecule has 0 bridgehead atoms. The van der Waals surface area contributed by atoms with Gasteiger partial charge in [0.25, 0.3) is 0 Å². The van der Waals surface area contributed by atoms with Crippen molar-refractivity contribution in [3.05, 3.63) is 28.5 Å². The Morgan fingerprint density at radius 2 is 1.60 bits per heavy atom. The van der Waals surface area contributed by atoms with E-state index in [1.165, 1.54) is 0 Å².